The maximum Gasteiger partial charge on any atom is 0.226 e. The molecule has 0 spiro atoms. The highest BCUT2D eigenvalue weighted by molar-refractivity contribution is 5.83. The van der Waals surface area contributed by atoms with Crippen LogP contribution < -0.4 is 10.6 Å². The van der Waals surface area contributed by atoms with Crippen molar-refractivity contribution in [3.63, 3.8) is 0 Å². The van der Waals surface area contributed by atoms with Gasteiger partial charge in [0.05, 0.1) is 6.33 Å². The van der Waals surface area contributed by atoms with Gasteiger partial charge in [-0.15, -0.1) is 0 Å². The predicted octanol–water partition coefficient (Wildman–Crippen LogP) is 1.54. The summed E-state index contributed by atoms with van der Waals surface area (Å²) in [6.45, 7) is 4.81. The van der Waals surface area contributed by atoms with Crippen LogP contribution in [0.1, 0.15) is 19.8 Å². The van der Waals surface area contributed by atoms with Gasteiger partial charge in [0.1, 0.15) is 5.52 Å². The molecule has 0 fully saturated rings. The van der Waals surface area contributed by atoms with E-state index in [1.165, 1.54) is 0 Å². The Morgan fingerprint density at radius 1 is 1.20 bits per heavy atom. The van der Waals surface area contributed by atoms with Crippen LogP contribution >= 0.6 is 0 Å². The van der Waals surface area contributed by atoms with E-state index >= 15 is 0 Å². The Balaban J connectivity index is 1.98. The molecule has 0 amide bonds. The summed E-state index contributed by atoms with van der Waals surface area (Å²) in [4.78, 5) is 18.3. The fourth-order valence-electron chi connectivity index (χ4n) is 1.96. The zero-order valence-electron chi connectivity index (χ0n) is 12.4. The molecule has 0 aliphatic rings. The Morgan fingerprint density at radius 2 is 2.05 bits per heavy atom. The van der Waals surface area contributed by atoms with Crippen molar-refractivity contribution in [2.24, 2.45) is 0 Å². The molecule has 0 saturated heterocycles. The van der Waals surface area contributed by atoms with E-state index in [1.54, 1.807) is 6.33 Å². The monoisotopic (exact) mass is 277 g/mol. The molecule has 0 aliphatic carbocycles. The molecule has 0 radical (unpaired) electrons. The highest BCUT2D eigenvalue weighted by Gasteiger charge is 2.08. The Morgan fingerprint density at radius 3 is 2.80 bits per heavy atom. The van der Waals surface area contributed by atoms with Crippen LogP contribution in [0.4, 0.5) is 11.8 Å². The summed E-state index contributed by atoms with van der Waals surface area (Å²) in [6, 6.07) is 0. The third-order valence-corrected chi connectivity index (χ3v) is 2.95. The van der Waals surface area contributed by atoms with Crippen molar-refractivity contribution < 1.29 is 0 Å². The number of nitrogens with zero attached hydrogens (tertiary/aromatic N) is 4. The topological polar surface area (TPSA) is 81.8 Å². The molecule has 20 heavy (non-hydrogen) atoms. The van der Waals surface area contributed by atoms with Crippen LogP contribution in [0.2, 0.25) is 0 Å². The summed E-state index contributed by atoms with van der Waals surface area (Å²) in [6.07, 6.45) is 3.91. The standard InChI is InChI=1S/C13H23N7/c1-4-14-13-18-11(10-12(19-13)17-9-16-10)15-7-5-6-8-20(2)3/h9H,4-8H2,1-3H3,(H3,14,15,16,17,18,19). The van der Waals surface area contributed by atoms with E-state index in [9.17, 15) is 0 Å². The number of anilines is 2. The minimum Gasteiger partial charge on any atom is -0.368 e. The van der Waals surface area contributed by atoms with E-state index in [4.69, 9.17) is 0 Å². The first-order valence-electron chi connectivity index (χ1n) is 7.04. The molecule has 0 aliphatic heterocycles. The van der Waals surface area contributed by atoms with Gasteiger partial charge in [-0.1, -0.05) is 0 Å². The molecule has 2 aromatic heterocycles. The van der Waals surface area contributed by atoms with Gasteiger partial charge in [-0.3, -0.25) is 0 Å². The number of H-pyrrole nitrogens is 1. The third kappa shape index (κ3) is 3.80. The van der Waals surface area contributed by atoms with Crippen molar-refractivity contribution in [3.8, 4) is 0 Å². The number of aromatic nitrogens is 4. The maximum absolute atomic E-state index is 4.48. The molecule has 3 N–H and O–H groups in total. The summed E-state index contributed by atoms with van der Waals surface area (Å²) < 4.78 is 0. The van der Waals surface area contributed by atoms with Gasteiger partial charge in [-0.25, -0.2) is 4.98 Å². The molecule has 7 nitrogen and oxygen atoms in total. The lowest BCUT2D eigenvalue weighted by atomic mass is 10.3. The summed E-state index contributed by atoms with van der Waals surface area (Å²) in [5.74, 6) is 1.43. The van der Waals surface area contributed by atoms with Gasteiger partial charge in [-0.2, -0.15) is 9.97 Å². The highest BCUT2D eigenvalue weighted by atomic mass is 15.2. The lowest BCUT2D eigenvalue weighted by Crippen LogP contribution is -2.14. The van der Waals surface area contributed by atoms with Gasteiger partial charge < -0.3 is 20.5 Å². The summed E-state index contributed by atoms with van der Waals surface area (Å²) in [7, 11) is 4.18. The second kappa shape index (κ2) is 7.04. The largest absolute Gasteiger partial charge is 0.368 e. The molecule has 0 unspecified atom stereocenters. The van der Waals surface area contributed by atoms with E-state index in [1.807, 2.05) is 6.92 Å². The van der Waals surface area contributed by atoms with Crippen LogP contribution in [0, 0.1) is 0 Å². The fraction of sp³-hybridized carbons (Fsp3) is 0.615. The molecule has 0 aromatic carbocycles. The van der Waals surface area contributed by atoms with Crippen molar-refractivity contribution in [1.82, 2.24) is 24.8 Å². The number of unbranched alkanes of at least 4 members (excludes halogenated alkanes) is 1. The average molecular weight is 277 g/mol. The van der Waals surface area contributed by atoms with Crippen molar-refractivity contribution in [2.75, 3.05) is 44.4 Å². The second-order valence-electron chi connectivity index (χ2n) is 4.96. The van der Waals surface area contributed by atoms with Gasteiger partial charge in [0.25, 0.3) is 0 Å². The summed E-state index contributed by atoms with van der Waals surface area (Å²) in [5, 5.41) is 6.49. The van der Waals surface area contributed by atoms with Crippen LogP contribution in [0.3, 0.4) is 0 Å². The van der Waals surface area contributed by atoms with Crippen LogP contribution in [0.5, 0.6) is 0 Å². The third-order valence-electron chi connectivity index (χ3n) is 2.95. The maximum atomic E-state index is 4.48. The molecule has 2 rings (SSSR count). The molecular weight excluding hydrogens is 254 g/mol. The summed E-state index contributed by atoms with van der Waals surface area (Å²) >= 11 is 0. The van der Waals surface area contributed by atoms with Crippen molar-refractivity contribution >= 4 is 22.9 Å². The van der Waals surface area contributed by atoms with Crippen molar-refractivity contribution in [2.45, 2.75) is 19.8 Å². The second-order valence-corrected chi connectivity index (χ2v) is 4.96. The van der Waals surface area contributed by atoms with Crippen LogP contribution in [0.25, 0.3) is 11.2 Å². The number of hydrogen-bond donors (Lipinski definition) is 3. The van der Waals surface area contributed by atoms with Crippen LogP contribution in [-0.4, -0.2) is 58.6 Å². The van der Waals surface area contributed by atoms with Gasteiger partial charge in [0.2, 0.25) is 5.95 Å². The fourth-order valence-corrected chi connectivity index (χ4v) is 1.96. The highest BCUT2D eigenvalue weighted by Crippen LogP contribution is 2.18. The first-order valence-corrected chi connectivity index (χ1v) is 7.04. The number of rotatable bonds is 8. The first kappa shape index (κ1) is 14.5. The van der Waals surface area contributed by atoms with Gasteiger partial charge in [0.15, 0.2) is 11.5 Å². The number of fused-ring (bicyclic) bond motifs is 1. The molecule has 0 saturated carbocycles. The van der Waals surface area contributed by atoms with E-state index < -0.39 is 0 Å². The molecule has 2 aromatic rings. The predicted molar refractivity (Wildman–Crippen MR) is 82.1 cm³/mol. The number of nitrogens with one attached hydrogen (secondary N) is 3. The molecule has 7 heteroatoms. The number of imidazole rings is 1. The molecular formula is C13H23N7. The minimum atomic E-state index is 0.614. The van der Waals surface area contributed by atoms with Crippen molar-refractivity contribution in [1.29, 1.82) is 0 Å². The number of hydrogen-bond acceptors (Lipinski definition) is 6. The normalized spacial score (nSPS) is 11.2. The molecule has 0 bridgehead atoms. The first-order chi connectivity index (χ1) is 9.70. The Bertz CT molecular complexity index is 534. The van der Waals surface area contributed by atoms with Gasteiger partial charge in [-0.05, 0) is 40.4 Å². The van der Waals surface area contributed by atoms with E-state index in [0.29, 0.717) is 11.6 Å². The SMILES string of the molecule is CCNc1nc(NCCCCN(C)C)c2[nH]cnc2n1. The van der Waals surface area contributed by atoms with Crippen LogP contribution in [-0.2, 0) is 0 Å². The Hall–Kier alpha value is -1.89. The van der Waals surface area contributed by atoms with E-state index in [2.05, 4.69) is 49.6 Å². The van der Waals surface area contributed by atoms with E-state index in [0.717, 1.165) is 43.8 Å². The Kier molecular flexibility index (Phi) is 5.11. The lowest BCUT2D eigenvalue weighted by molar-refractivity contribution is 0.396. The molecule has 2 heterocycles. The average Bonchev–Trinajstić information content (AvgIpc) is 2.86. The van der Waals surface area contributed by atoms with Gasteiger partial charge >= 0.3 is 0 Å². The number of aromatic amines is 1. The molecule has 110 valence electrons. The lowest BCUT2D eigenvalue weighted by Gasteiger charge is -2.10. The van der Waals surface area contributed by atoms with Crippen LogP contribution in [0.15, 0.2) is 6.33 Å². The van der Waals surface area contributed by atoms with E-state index in [-0.39, 0.29) is 0 Å². The zero-order valence-corrected chi connectivity index (χ0v) is 12.4. The summed E-state index contributed by atoms with van der Waals surface area (Å²) in [5.41, 5.74) is 1.55. The van der Waals surface area contributed by atoms with Gasteiger partial charge in [0, 0.05) is 13.1 Å². The quantitative estimate of drug-likeness (QED) is 0.635. The Labute approximate surface area is 119 Å². The van der Waals surface area contributed by atoms with Crippen molar-refractivity contribution in [3.05, 3.63) is 6.33 Å². The smallest absolute Gasteiger partial charge is 0.226 e. The zero-order chi connectivity index (χ0) is 14.4. The minimum absolute atomic E-state index is 0.614. The molecule has 0 atom stereocenters.